The van der Waals surface area contributed by atoms with E-state index in [2.05, 4.69) is 42.5 Å². The van der Waals surface area contributed by atoms with Crippen molar-refractivity contribution in [3.05, 3.63) is 48.0 Å². The van der Waals surface area contributed by atoms with Gasteiger partial charge >= 0.3 is 6.00 Å². The van der Waals surface area contributed by atoms with Crippen molar-refractivity contribution in [1.29, 1.82) is 0 Å². The lowest BCUT2D eigenvalue weighted by Gasteiger charge is -2.07. The standard InChI is InChI=1S/C13H13Cl3Si/c14-17(15,16)9-3-4-11-7-8-12-5-1-2-6-13(12)10-11/h1-2,5-8,10H,3-4,9H2. The zero-order valence-electron chi connectivity index (χ0n) is 9.30. The summed E-state index contributed by atoms with van der Waals surface area (Å²) < 4.78 is 0. The van der Waals surface area contributed by atoms with Gasteiger partial charge in [-0.05, 0) is 35.2 Å². The monoisotopic (exact) mass is 302 g/mol. The second kappa shape index (κ2) is 5.62. The molecule has 0 aliphatic heterocycles. The molecule has 0 radical (unpaired) electrons. The Kier molecular flexibility index (Phi) is 4.37. The molecule has 0 bridgehead atoms. The van der Waals surface area contributed by atoms with Gasteiger partial charge in [-0.3, -0.25) is 0 Å². The summed E-state index contributed by atoms with van der Waals surface area (Å²) in [5.41, 5.74) is 1.31. The highest BCUT2D eigenvalue weighted by atomic mass is 35.8. The van der Waals surface area contributed by atoms with E-state index in [-0.39, 0.29) is 0 Å². The molecule has 0 nitrogen and oxygen atoms in total. The van der Waals surface area contributed by atoms with Gasteiger partial charge in [0.1, 0.15) is 0 Å². The number of rotatable bonds is 4. The lowest BCUT2D eigenvalue weighted by atomic mass is 10.0. The summed E-state index contributed by atoms with van der Waals surface area (Å²) in [6.45, 7) is 0. The van der Waals surface area contributed by atoms with E-state index in [0.717, 1.165) is 18.9 Å². The smallest absolute Gasteiger partial charge is 0.126 e. The molecular formula is C13H13Cl3Si. The number of aryl methyl sites for hydroxylation is 1. The lowest BCUT2D eigenvalue weighted by Crippen LogP contribution is -2.08. The lowest BCUT2D eigenvalue weighted by molar-refractivity contribution is 0.916. The van der Waals surface area contributed by atoms with E-state index in [1.54, 1.807) is 0 Å². The second-order valence-electron chi connectivity index (χ2n) is 4.15. The summed E-state index contributed by atoms with van der Waals surface area (Å²) in [5.74, 6) is 0. The van der Waals surface area contributed by atoms with Crippen LogP contribution in [0.3, 0.4) is 0 Å². The minimum absolute atomic E-state index is 0.727. The molecule has 2 rings (SSSR count). The van der Waals surface area contributed by atoms with E-state index >= 15 is 0 Å². The Morgan fingerprint density at radius 2 is 1.59 bits per heavy atom. The van der Waals surface area contributed by atoms with Crippen molar-refractivity contribution in [3.8, 4) is 0 Å². The third-order valence-corrected chi connectivity index (χ3v) is 5.36. The van der Waals surface area contributed by atoms with Crippen LogP contribution in [0, 0.1) is 0 Å². The molecule has 0 heterocycles. The molecule has 4 heteroatoms. The van der Waals surface area contributed by atoms with Crippen molar-refractivity contribution in [1.82, 2.24) is 0 Å². The van der Waals surface area contributed by atoms with Crippen molar-refractivity contribution in [2.75, 3.05) is 0 Å². The van der Waals surface area contributed by atoms with Crippen molar-refractivity contribution in [2.45, 2.75) is 18.9 Å². The first kappa shape index (κ1) is 13.2. The molecular weight excluding hydrogens is 291 g/mol. The van der Waals surface area contributed by atoms with Gasteiger partial charge in [0.25, 0.3) is 0 Å². The summed E-state index contributed by atoms with van der Waals surface area (Å²) in [5, 5.41) is 2.54. The normalized spacial score (nSPS) is 11.9. The minimum atomic E-state index is -2.45. The van der Waals surface area contributed by atoms with Gasteiger partial charge in [-0.25, -0.2) is 0 Å². The Hall–Kier alpha value is -0.213. The van der Waals surface area contributed by atoms with Gasteiger partial charge in [0.2, 0.25) is 0 Å². The highest BCUT2D eigenvalue weighted by Crippen LogP contribution is 2.27. The minimum Gasteiger partial charge on any atom is -0.126 e. The molecule has 90 valence electrons. The van der Waals surface area contributed by atoms with Crippen molar-refractivity contribution in [3.63, 3.8) is 0 Å². The van der Waals surface area contributed by atoms with Gasteiger partial charge < -0.3 is 0 Å². The van der Waals surface area contributed by atoms with Gasteiger partial charge in [0.05, 0.1) is 0 Å². The average Bonchev–Trinajstić information content (AvgIpc) is 2.27. The van der Waals surface area contributed by atoms with Crippen LogP contribution in [0.1, 0.15) is 12.0 Å². The van der Waals surface area contributed by atoms with Gasteiger partial charge in [0, 0.05) is 0 Å². The van der Waals surface area contributed by atoms with Crippen LogP contribution in [0.25, 0.3) is 10.8 Å². The summed E-state index contributed by atoms with van der Waals surface area (Å²) >= 11 is 17.6. The van der Waals surface area contributed by atoms with Crippen LogP contribution in [-0.4, -0.2) is 6.00 Å². The summed E-state index contributed by atoms with van der Waals surface area (Å²) in [6, 6.07) is 13.2. The first-order valence-corrected chi connectivity index (χ1v) is 10.8. The largest absolute Gasteiger partial charge is 0.341 e. The van der Waals surface area contributed by atoms with Crippen molar-refractivity contribution in [2.24, 2.45) is 0 Å². The third kappa shape index (κ3) is 4.18. The van der Waals surface area contributed by atoms with Crippen LogP contribution < -0.4 is 0 Å². The molecule has 0 N–H and O–H groups in total. The summed E-state index contributed by atoms with van der Waals surface area (Å²) in [7, 11) is 0. The maximum atomic E-state index is 5.86. The van der Waals surface area contributed by atoms with Gasteiger partial charge in [-0.15, -0.1) is 33.2 Å². The Balaban J connectivity index is 2.04. The topological polar surface area (TPSA) is 0 Å². The molecule has 2 aromatic rings. The number of halogens is 3. The maximum Gasteiger partial charge on any atom is 0.341 e. The summed E-state index contributed by atoms with van der Waals surface area (Å²) in [6.07, 6.45) is 1.92. The van der Waals surface area contributed by atoms with E-state index in [1.807, 2.05) is 0 Å². The van der Waals surface area contributed by atoms with Gasteiger partial charge in [-0.2, -0.15) is 0 Å². The molecule has 0 aromatic heterocycles. The molecule has 0 saturated heterocycles. The van der Waals surface area contributed by atoms with E-state index in [0.29, 0.717) is 0 Å². The third-order valence-electron chi connectivity index (χ3n) is 2.74. The fraction of sp³-hybridized carbons (Fsp3) is 0.231. The van der Waals surface area contributed by atoms with E-state index in [1.165, 1.54) is 16.3 Å². The predicted molar refractivity (Wildman–Crippen MR) is 80.4 cm³/mol. The van der Waals surface area contributed by atoms with E-state index < -0.39 is 6.00 Å². The Bertz CT molecular complexity index is 505. The number of benzene rings is 2. The second-order valence-corrected chi connectivity index (χ2v) is 13.4. The fourth-order valence-electron chi connectivity index (χ4n) is 1.89. The van der Waals surface area contributed by atoms with E-state index in [9.17, 15) is 0 Å². The summed E-state index contributed by atoms with van der Waals surface area (Å²) in [4.78, 5) is 0. The Morgan fingerprint density at radius 3 is 2.29 bits per heavy atom. The van der Waals surface area contributed by atoms with Crippen LogP contribution >= 0.6 is 33.2 Å². The van der Waals surface area contributed by atoms with Crippen molar-refractivity contribution >= 4 is 50.0 Å². The van der Waals surface area contributed by atoms with E-state index in [4.69, 9.17) is 33.2 Å². The first-order chi connectivity index (χ1) is 8.04. The molecule has 2 aromatic carbocycles. The Labute approximate surface area is 117 Å². The van der Waals surface area contributed by atoms with Crippen LogP contribution in [-0.2, 0) is 6.42 Å². The molecule has 0 aliphatic carbocycles. The molecule has 17 heavy (non-hydrogen) atoms. The molecule has 0 amide bonds. The maximum absolute atomic E-state index is 5.86. The molecule has 0 aliphatic rings. The molecule has 0 atom stereocenters. The molecule has 0 saturated carbocycles. The molecule has 0 fully saturated rings. The van der Waals surface area contributed by atoms with Crippen LogP contribution in [0.4, 0.5) is 0 Å². The number of fused-ring (bicyclic) bond motifs is 1. The highest BCUT2D eigenvalue weighted by molar-refractivity contribution is 7.64. The van der Waals surface area contributed by atoms with Gasteiger partial charge in [-0.1, -0.05) is 42.5 Å². The van der Waals surface area contributed by atoms with Crippen LogP contribution in [0.5, 0.6) is 0 Å². The number of hydrogen-bond acceptors (Lipinski definition) is 0. The highest BCUT2D eigenvalue weighted by Gasteiger charge is 2.23. The average molecular weight is 304 g/mol. The zero-order chi connectivity index (χ0) is 12.3. The van der Waals surface area contributed by atoms with Crippen molar-refractivity contribution < 1.29 is 0 Å². The SMILES string of the molecule is Cl[Si](Cl)(Cl)CCCc1ccc2ccccc2c1. The number of hydrogen-bond donors (Lipinski definition) is 0. The van der Waals surface area contributed by atoms with Crippen LogP contribution in [0.2, 0.25) is 6.04 Å². The quantitative estimate of drug-likeness (QED) is 0.522. The Morgan fingerprint density at radius 1 is 0.882 bits per heavy atom. The van der Waals surface area contributed by atoms with Gasteiger partial charge in [0.15, 0.2) is 0 Å². The molecule has 0 unspecified atom stereocenters. The van der Waals surface area contributed by atoms with Crippen LogP contribution in [0.15, 0.2) is 42.5 Å². The predicted octanol–water partition coefficient (Wildman–Crippen LogP) is 5.43. The fourth-order valence-corrected chi connectivity index (χ4v) is 3.67. The zero-order valence-corrected chi connectivity index (χ0v) is 12.6. The first-order valence-electron chi connectivity index (χ1n) is 5.59. The molecule has 0 spiro atoms.